The van der Waals surface area contributed by atoms with Crippen LogP contribution in [0.25, 0.3) is 22.3 Å². The van der Waals surface area contributed by atoms with Crippen LogP contribution in [0, 0.1) is 0 Å². The van der Waals surface area contributed by atoms with E-state index in [1.165, 1.54) is 0 Å². The summed E-state index contributed by atoms with van der Waals surface area (Å²) in [7, 11) is 2.14. The van der Waals surface area contributed by atoms with E-state index in [2.05, 4.69) is 22.9 Å². The fraction of sp³-hybridized carbons (Fsp3) is 0.515. The summed E-state index contributed by atoms with van der Waals surface area (Å²) in [6, 6.07) is 7.92. The predicted octanol–water partition coefficient (Wildman–Crippen LogP) is 2.68. The number of carbonyl (C=O) groups is 2. The van der Waals surface area contributed by atoms with Crippen molar-refractivity contribution in [2.24, 2.45) is 0 Å². The molecule has 3 aromatic rings. The van der Waals surface area contributed by atoms with Crippen LogP contribution in [0.15, 0.2) is 29.1 Å². The Morgan fingerprint density at radius 3 is 2.64 bits per heavy atom. The molecular formula is C33H39N5O7. The van der Waals surface area contributed by atoms with Gasteiger partial charge in [-0.1, -0.05) is 12.8 Å². The molecule has 2 N–H and O–H groups in total. The van der Waals surface area contributed by atoms with Gasteiger partial charge in [0.25, 0.3) is 5.56 Å². The van der Waals surface area contributed by atoms with Gasteiger partial charge in [0.2, 0.25) is 11.5 Å². The lowest BCUT2D eigenvalue weighted by Crippen LogP contribution is -2.44. The normalized spacial score (nSPS) is 22.2. The lowest BCUT2D eigenvalue weighted by molar-refractivity contribution is -0.154. The number of ether oxygens (including phenoxy) is 3. The average Bonchev–Trinajstić information content (AvgIpc) is 3.57. The van der Waals surface area contributed by atoms with Crippen molar-refractivity contribution in [3.05, 3.63) is 56.9 Å². The Labute approximate surface area is 260 Å². The SMILES string of the molecule is CC1OC12C(=O)OCc1c2cc2n(c1=O)Cc1c-2nc2ccc(OCCCCCCC(=O)NO)cc2c1CN1CCN(C)CC1. The number of fused-ring (bicyclic) bond motifs is 6. The third-order valence-electron chi connectivity index (χ3n) is 9.73. The first-order chi connectivity index (χ1) is 21.8. The van der Waals surface area contributed by atoms with Crippen molar-refractivity contribution in [2.45, 2.75) is 70.4 Å². The Balaban J connectivity index is 1.20. The summed E-state index contributed by atoms with van der Waals surface area (Å²) in [6.07, 6.45) is 3.35. The van der Waals surface area contributed by atoms with E-state index in [1.807, 2.05) is 25.1 Å². The van der Waals surface area contributed by atoms with E-state index < -0.39 is 11.6 Å². The minimum absolute atomic E-state index is 0.0519. The highest BCUT2D eigenvalue weighted by molar-refractivity contribution is 5.90. The van der Waals surface area contributed by atoms with E-state index >= 15 is 0 Å². The highest BCUT2D eigenvalue weighted by Gasteiger charge is 2.65. The number of rotatable bonds is 10. The van der Waals surface area contributed by atoms with Gasteiger partial charge in [-0.2, -0.15) is 0 Å². The molecule has 2 aromatic heterocycles. The second kappa shape index (κ2) is 11.8. The molecule has 2 unspecified atom stereocenters. The number of hydroxylamine groups is 1. The molecule has 4 aliphatic rings. The number of pyridine rings is 2. The highest BCUT2D eigenvalue weighted by Crippen LogP contribution is 2.51. The van der Waals surface area contributed by atoms with Crippen LogP contribution in [0.5, 0.6) is 5.75 Å². The van der Waals surface area contributed by atoms with Gasteiger partial charge < -0.3 is 23.7 Å². The second-order valence-electron chi connectivity index (χ2n) is 12.6. The van der Waals surface area contributed by atoms with Crippen molar-refractivity contribution >= 4 is 22.8 Å². The summed E-state index contributed by atoms with van der Waals surface area (Å²) in [5.74, 6) is -0.0277. The number of nitrogens with zero attached hydrogens (tertiary/aromatic N) is 4. The van der Waals surface area contributed by atoms with Crippen LogP contribution in [0.1, 0.15) is 61.3 Å². The van der Waals surface area contributed by atoms with Gasteiger partial charge in [-0.05, 0) is 56.6 Å². The van der Waals surface area contributed by atoms with Crippen LogP contribution in [0.2, 0.25) is 0 Å². The van der Waals surface area contributed by atoms with Crippen LogP contribution in [-0.2, 0) is 44.4 Å². The van der Waals surface area contributed by atoms with E-state index in [4.69, 9.17) is 24.4 Å². The zero-order chi connectivity index (χ0) is 31.3. The Bertz CT molecular complexity index is 1730. The number of epoxide rings is 1. The molecule has 6 heterocycles. The van der Waals surface area contributed by atoms with Crippen LogP contribution < -0.4 is 15.8 Å². The van der Waals surface area contributed by atoms with E-state index in [0.29, 0.717) is 36.4 Å². The Morgan fingerprint density at radius 2 is 1.89 bits per heavy atom. The van der Waals surface area contributed by atoms with E-state index in [0.717, 1.165) is 91.9 Å². The van der Waals surface area contributed by atoms with Gasteiger partial charge >= 0.3 is 5.97 Å². The molecule has 238 valence electrons. The lowest BCUT2D eigenvalue weighted by atomic mass is 9.89. The molecule has 0 radical (unpaired) electrons. The van der Waals surface area contributed by atoms with Crippen molar-refractivity contribution in [2.75, 3.05) is 39.8 Å². The Hall–Kier alpha value is -3.84. The number of esters is 1. The number of nitrogens with one attached hydrogen (secondary N) is 1. The molecule has 7 rings (SSSR count). The first-order valence-electron chi connectivity index (χ1n) is 15.8. The molecule has 0 aliphatic carbocycles. The molecule has 1 aromatic carbocycles. The number of hydrogen-bond donors (Lipinski definition) is 2. The van der Waals surface area contributed by atoms with Gasteiger partial charge in [0.1, 0.15) is 18.5 Å². The Kier molecular flexibility index (Phi) is 7.84. The van der Waals surface area contributed by atoms with Crippen molar-refractivity contribution in [1.82, 2.24) is 24.8 Å². The third kappa shape index (κ3) is 5.29. The molecule has 0 saturated carbocycles. The fourth-order valence-electron chi connectivity index (χ4n) is 6.98. The van der Waals surface area contributed by atoms with Gasteiger partial charge in [0, 0.05) is 55.7 Å². The van der Waals surface area contributed by atoms with Crippen molar-refractivity contribution in [1.29, 1.82) is 0 Å². The van der Waals surface area contributed by atoms with E-state index in [-0.39, 0.29) is 24.2 Å². The monoisotopic (exact) mass is 617 g/mol. The molecule has 1 amide bonds. The number of likely N-dealkylation sites (N-methyl/N-ethyl adjacent to an activating group) is 1. The lowest BCUT2D eigenvalue weighted by Gasteiger charge is -2.33. The van der Waals surface area contributed by atoms with Crippen LogP contribution >= 0.6 is 0 Å². The van der Waals surface area contributed by atoms with Gasteiger partial charge in [-0.15, -0.1) is 0 Å². The zero-order valence-electron chi connectivity index (χ0n) is 25.8. The second-order valence-corrected chi connectivity index (χ2v) is 12.6. The maximum absolute atomic E-state index is 13.9. The number of unbranched alkanes of at least 4 members (excludes halogenated alkanes) is 3. The summed E-state index contributed by atoms with van der Waals surface area (Å²) >= 11 is 0. The van der Waals surface area contributed by atoms with E-state index in [9.17, 15) is 14.4 Å². The fourth-order valence-corrected chi connectivity index (χ4v) is 6.98. The van der Waals surface area contributed by atoms with E-state index in [1.54, 1.807) is 10.0 Å². The zero-order valence-corrected chi connectivity index (χ0v) is 25.8. The average molecular weight is 618 g/mol. The number of benzene rings is 1. The van der Waals surface area contributed by atoms with Gasteiger partial charge in [-0.3, -0.25) is 19.7 Å². The maximum atomic E-state index is 13.9. The number of piperazine rings is 1. The summed E-state index contributed by atoms with van der Waals surface area (Å²) in [4.78, 5) is 47.7. The summed E-state index contributed by atoms with van der Waals surface area (Å²) in [5.41, 5.74) is 5.88. The molecule has 45 heavy (non-hydrogen) atoms. The molecule has 12 nitrogen and oxygen atoms in total. The van der Waals surface area contributed by atoms with Crippen LogP contribution in [-0.4, -0.2) is 82.4 Å². The molecule has 2 fully saturated rings. The highest BCUT2D eigenvalue weighted by atomic mass is 16.7. The third-order valence-corrected chi connectivity index (χ3v) is 9.73. The minimum Gasteiger partial charge on any atom is -0.494 e. The largest absolute Gasteiger partial charge is 0.494 e. The molecular weight excluding hydrogens is 578 g/mol. The van der Waals surface area contributed by atoms with Gasteiger partial charge in [0.15, 0.2) is 0 Å². The summed E-state index contributed by atoms with van der Waals surface area (Å²) in [6.45, 7) is 7.34. The molecule has 0 bridgehead atoms. The molecule has 2 atom stereocenters. The number of carbonyl (C=O) groups excluding carboxylic acids is 2. The topological polar surface area (TPSA) is 139 Å². The number of amides is 1. The predicted molar refractivity (Wildman–Crippen MR) is 164 cm³/mol. The number of hydrogen-bond acceptors (Lipinski definition) is 10. The smallest absolute Gasteiger partial charge is 0.346 e. The first-order valence-corrected chi connectivity index (χ1v) is 15.8. The van der Waals surface area contributed by atoms with Crippen molar-refractivity contribution in [3.8, 4) is 17.1 Å². The number of aromatic nitrogens is 2. The summed E-state index contributed by atoms with van der Waals surface area (Å²) < 4.78 is 19.1. The Morgan fingerprint density at radius 1 is 1.11 bits per heavy atom. The minimum atomic E-state index is -1.20. The maximum Gasteiger partial charge on any atom is 0.346 e. The van der Waals surface area contributed by atoms with Crippen LogP contribution in [0.4, 0.5) is 0 Å². The summed E-state index contributed by atoms with van der Waals surface area (Å²) in [5, 5.41) is 9.64. The molecule has 12 heteroatoms. The molecule has 4 aliphatic heterocycles. The van der Waals surface area contributed by atoms with Crippen molar-refractivity contribution in [3.63, 3.8) is 0 Å². The number of cyclic esters (lactones) is 1. The quantitative estimate of drug-likeness (QED) is 0.0898. The van der Waals surface area contributed by atoms with Gasteiger partial charge in [-0.25, -0.2) is 15.3 Å². The first kappa shape index (κ1) is 29.8. The van der Waals surface area contributed by atoms with Gasteiger partial charge in [0.05, 0.1) is 35.6 Å². The molecule has 2 saturated heterocycles. The molecule has 1 spiro atoms. The van der Waals surface area contributed by atoms with Crippen LogP contribution in [0.3, 0.4) is 0 Å². The van der Waals surface area contributed by atoms with Crippen molar-refractivity contribution < 1.29 is 29.0 Å². The standard InChI is InChI=1S/C33H39N5O7/c1-20-33(45-20)26-16-28-30-24(18-38(28)31(40)25(26)19-44-32(33)41)23(17-37-12-10-36(2)11-13-37)22-15-21(8-9-27(22)34-30)43-14-6-4-3-5-7-29(39)35-42/h8-9,15-16,20,42H,3-7,10-14,17-19H2,1-2H3,(H,35,39).